The summed E-state index contributed by atoms with van der Waals surface area (Å²) < 4.78 is 11.4. The Hall–Kier alpha value is -2.16. The number of ether oxygens (including phenoxy) is 2. The van der Waals surface area contributed by atoms with Crippen LogP contribution in [0.2, 0.25) is 0 Å². The van der Waals surface area contributed by atoms with Crippen molar-refractivity contribution in [3.05, 3.63) is 42.5 Å². The largest absolute Gasteiger partial charge is 0.508 e. The van der Waals surface area contributed by atoms with Crippen molar-refractivity contribution in [2.45, 2.75) is 39.2 Å². The molecule has 0 bridgehead atoms. The van der Waals surface area contributed by atoms with E-state index in [2.05, 4.69) is 20.8 Å². The first kappa shape index (κ1) is 16.2. The number of aromatic hydroxyl groups is 1. The van der Waals surface area contributed by atoms with Gasteiger partial charge in [0, 0.05) is 6.07 Å². The summed E-state index contributed by atoms with van der Waals surface area (Å²) in [5.41, 5.74) is 1.73. The van der Waals surface area contributed by atoms with Crippen molar-refractivity contribution in [1.29, 1.82) is 0 Å². The first-order valence-electron chi connectivity index (χ1n) is 7.67. The Kier molecular flexibility index (Phi) is 4.96. The number of phenols is 1. The molecule has 22 heavy (non-hydrogen) atoms. The molecule has 0 saturated carbocycles. The minimum absolute atomic E-state index is 0.158. The van der Waals surface area contributed by atoms with E-state index in [0.29, 0.717) is 5.75 Å². The molecule has 2 aromatic rings. The average Bonchev–Trinajstić information content (AvgIpc) is 2.54. The van der Waals surface area contributed by atoms with E-state index in [0.717, 1.165) is 29.7 Å². The van der Waals surface area contributed by atoms with Gasteiger partial charge in [-0.3, -0.25) is 0 Å². The summed E-state index contributed by atoms with van der Waals surface area (Å²) in [4.78, 5) is 0. The lowest BCUT2D eigenvalue weighted by Crippen LogP contribution is -2.30. The third kappa shape index (κ3) is 3.73. The third-order valence-corrected chi connectivity index (χ3v) is 4.15. The molecule has 0 aliphatic carbocycles. The van der Waals surface area contributed by atoms with Crippen molar-refractivity contribution >= 4 is 0 Å². The van der Waals surface area contributed by atoms with Crippen LogP contribution >= 0.6 is 0 Å². The van der Waals surface area contributed by atoms with Gasteiger partial charge >= 0.3 is 0 Å². The van der Waals surface area contributed by atoms with Gasteiger partial charge in [0.25, 0.3) is 0 Å². The zero-order valence-electron chi connectivity index (χ0n) is 13.7. The van der Waals surface area contributed by atoms with Crippen molar-refractivity contribution in [3.63, 3.8) is 0 Å². The Balaban J connectivity index is 2.34. The molecule has 2 rings (SSSR count). The van der Waals surface area contributed by atoms with Gasteiger partial charge in [0.15, 0.2) is 0 Å². The highest BCUT2D eigenvalue weighted by Gasteiger charge is 2.21. The van der Waals surface area contributed by atoms with Gasteiger partial charge in [-0.1, -0.05) is 26.0 Å². The van der Waals surface area contributed by atoms with Crippen molar-refractivity contribution < 1.29 is 14.6 Å². The number of phenolic OH excluding ortho intramolecular Hbond substituents is 1. The lowest BCUT2D eigenvalue weighted by molar-refractivity contribution is 0.0803. The molecule has 0 saturated heterocycles. The van der Waals surface area contributed by atoms with E-state index in [1.54, 1.807) is 19.2 Å². The van der Waals surface area contributed by atoms with Gasteiger partial charge in [0.2, 0.25) is 0 Å². The van der Waals surface area contributed by atoms with Gasteiger partial charge in [0.05, 0.1) is 7.11 Å². The maximum Gasteiger partial charge on any atom is 0.123 e. The molecular formula is C19H24O3. The number of methoxy groups -OCH3 is 1. The Morgan fingerprint density at radius 3 is 2.27 bits per heavy atom. The zero-order chi connectivity index (χ0) is 16.2. The second-order valence-electron chi connectivity index (χ2n) is 5.71. The molecule has 0 unspecified atom stereocenters. The van der Waals surface area contributed by atoms with Crippen LogP contribution in [0.3, 0.4) is 0 Å². The summed E-state index contributed by atoms with van der Waals surface area (Å²) in [6.45, 7) is 6.39. The first-order valence-corrected chi connectivity index (χ1v) is 7.67. The molecule has 1 N–H and O–H groups in total. The van der Waals surface area contributed by atoms with Crippen LogP contribution in [0.15, 0.2) is 42.5 Å². The molecule has 0 spiro atoms. The molecule has 0 amide bonds. The second kappa shape index (κ2) is 6.73. The highest BCUT2D eigenvalue weighted by atomic mass is 16.5. The first-order chi connectivity index (χ1) is 10.5. The normalized spacial score (nSPS) is 11.3. The van der Waals surface area contributed by atoms with E-state index in [4.69, 9.17) is 9.47 Å². The summed E-state index contributed by atoms with van der Waals surface area (Å²) in [6, 6.07) is 13.1. The molecule has 0 aliphatic heterocycles. The van der Waals surface area contributed by atoms with E-state index in [1.807, 2.05) is 30.3 Å². The van der Waals surface area contributed by atoms with Crippen molar-refractivity contribution in [3.8, 4) is 28.4 Å². The molecule has 3 heteroatoms. The Labute approximate surface area is 132 Å². The Bertz CT molecular complexity index is 630. The van der Waals surface area contributed by atoms with Crippen LogP contribution in [0.25, 0.3) is 11.1 Å². The Morgan fingerprint density at radius 2 is 1.64 bits per heavy atom. The fraction of sp³-hybridized carbons (Fsp3) is 0.368. The van der Waals surface area contributed by atoms with Crippen molar-refractivity contribution in [2.75, 3.05) is 7.11 Å². The van der Waals surface area contributed by atoms with Gasteiger partial charge in [-0.2, -0.15) is 0 Å². The van der Waals surface area contributed by atoms with Crippen molar-refractivity contribution in [1.82, 2.24) is 0 Å². The van der Waals surface area contributed by atoms with E-state index >= 15 is 0 Å². The predicted octanol–water partition coefficient (Wildman–Crippen LogP) is 5.03. The molecule has 118 valence electrons. The van der Waals surface area contributed by atoms with Gasteiger partial charge in [-0.05, 0) is 55.2 Å². The number of benzene rings is 2. The minimum atomic E-state index is -0.158. The highest BCUT2D eigenvalue weighted by Crippen LogP contribution is 2.32. The molecule has 0 fully saturated rings. The fourth-order valence-electron chi connectivity index (χ4n) is 2.29. The maximum atomic E-state index is 9.81. The maximum absolute atomic E-state index is 9.81. The summed E-state index contributed by atoms with van der Waals surface area (Å²) in [5.74, 6) is 1.66. The zero-order valence-corrected chi connectivity index (χ0v) is 13.7. The fourth-order valence-corrected chi connectivity index (χ4v) is 2.29. The molecule has 0 aliphatic rings. The highest BCUT2D eigenvalue weighted by molar-refractivity contribution is 5.68. The number of rotatable bonds is 6. The van der Waals surface area contributed by atoms with Crippen molar-refractivity contribution in [2.24, 2.45) is 0 Å². The van der Waals surface area contributed by atoms with Gasteiger partial charge in [-0.25, -0.2) is 0 Å². The lowest BCUT2D eigenvalue weighted by Gasteiger charge is -2.28. The third-order valence-electron chi connectivity index (χ3n) is 4.15. The summed E-state index contributed by atoms with van der Waals surface area (Å²) in [5, 5.41) is 9.81. The van der Waals surface area contributed by atoms with E-state index < -0.39 is 0 Å². The van der Waals surface area contributed by atoms with Gasteiger partial charge < -0.3 is 14.6 Å². The number of hydrogen-bond acceptors (Lipinski definition) is 3. The quantitative estimate of drug-likeness (QED) is 0.813. The van der Waals surface area contributed by atoms with Gasteiger partial charge in [-0.15, -0.1) is 0 Å². The summed E-state index contributed by atoms with van der Waals surface area (Å²) in [7, 11) is 1.59. The molecule has 2 aromatic carbocycles. The van der Waals surface area contributed by atoms with Crippen LogP contribution in [-0.4, -0.2) is 17.8 Å². The molecule has 3 nitrogen and oxygen atoms in total. The molecule has 0 atom stereocenters. The molecule has 0 heterocycles. The van der Waals surface area contributed by atoms with E-state index in [9.17, 15) is 5.11 Å². The van der Waals surface area contributed by atoms with E-state index in [1.165, 1.54) is 0 Å². The molecular weight excluding hydrogens is 276 g/mol. The van der Waals surface area contributed by atoms with Crippen LogP contribution < -0.4 is 9.47 Å². The van der Waals surface area contributed by atoms with Crippen LogP contribution in [0.4, 0.5) is 0 Å². The SMILES string of the molecule is CCC(C)(CC)Oc1cccc(-c2cc(O)cc(OC)c2)c1. The lowest BCUT2D eigenvalue weighted by atomic mass is 9.99. The summed E-state index contributed by atoms with van der Waals surface area (Å²) >= 11 is 0. The predicted molar refractivity (Wildman–Crippen MR) is 89.7 cm³/mol. The second-order valence-corrected chi connectivity index (χ2v) is 5.71. The standard InChI is InChI=1S/C19H24O3/c1-5-19(3,6-2)22-17-9-7-8-14(11-17)15-10-16(20)13-18(12-15)21-4/h7-13,20H,5-6H2,1-4H3. The van der Waals surface area contributed by atoms with Crippen LogP contribution in [0.5, 0.6) is 17.2 Å². The molecule has 0 radical (unpaired) electrons. The topological polar surface area (TPSA) is 38.7 Å². The average molecular weight is 300 g/mol. The minimum Gasteiger partial charge on any atom is -0.508 e. The van der Waals surface area contributed by atoms with Crippen LogP contribution in [-0.2, 0) is 0 Å². The Morgan fingerprint density at radius 1 is 0.955 bits per heavy atom. The van der Waals surface area contributed by atoms with Gasteiger partial charge in [0.1, 0.15) is 22.8 Å². The monoisotopic (exact) mass is 300 g/mol. The van der Waals surface area contributed by atoms with E-state index in [-0.39, 0.29) is 11.4 Å². The summed E-state index contributed by atoms with van der Waals surface area (Å²) in [6.07, 6.45) is 1.90. The number of hydrogen-bond donors (Lipinski definition) is 1. The van der Waals surface area contributed by atoms with Crippen LogP contribution in [0.1, 0.15) is 33.6 Å². The molecule has 0 aromatic heterocycles. The smallest absolute Gasteiger partial charge is 0.123 e. The van der Waals surface area contributed by atoms with Crippen LogP contribution in [0, 0.1) is 0 Å².